The molecule has 0 amide bonds. The smallest absolute Gasteiger partial charge is 0.241 e. The molecular formula is C12H19NO3S. The zero-order valence-electron chi connectivity index (χ0n) is 10.4. The number of benzene rings is 1. The highest BCUT2D eigenvalue weighted by Gasteiger charge is 2.20. The van der Waals surface area contributed by atoms with Crippen LogP contribution in [0.5, 0.6) is 0 Å². The Bertz CT molecular complexity index is 479. The van der Waals surface area contributed by atoms with Crippen LogP contribution in [0.4, 0.5) is 0 Å². The first-order valence-corrected chi connectivity index (χ1v) is 7.09. The zero-order chi connectivity index (χ0) is 13.1. The van der Waals surface area contributed by atoms with E-state index in [4.69, 9.17) is 5.11 Å². The fourth-order valence-electron chi connectivity index (χ4n) is 1.63. The molecule has 0 saturated heterocycles. The van der Waals surface area contributed by atoms with Crippen LogP contribution in [0.1, 0.15) is 24.5 Å². The molecule has 0 aliphatic carbocycles. The Kier molecular flexibility index (Phi) is 4.68. The molecule has 1 rings (SSSR count). The first-order chi connectivity index (χ1) is 7.90. The maximum Gasteiger partial charge on any atom is 0.241 e. The van der Waals surface area contributed by atoms with Gasteiger partial charge in [-0.2, -0.15) is 0 Å². The van der Waals surface area contributed by atoms with Crippen LogP contribution in [0.3, 0.4) is 0 Å². The maximum absolute atomic E-state index is 12.1. The number of aryl methyl sites for hydroxylation is 2. The molecule has 0 radical (unpaired) electrons. The quantitative estimate of drug-likeness (QED) is 0.837. The van der Waals surface area contributed by atoms with E-state index in [0.29, 0.717) is 12.0 Å². The summed E-state index contributed by atoms with van der Waals surface area (Å²) in [7, 11) is -3.54. The summed E-state index contributed by atoms with van der Waals surface area (Å²) in [6.45, 7) is 5.31. The number of nitrogens with one attached hydrogen (secondary N) is 1. The van der Waals surface area contributed by atoms with Gasteiger partial charge in [-0.25, -0.2) is 13.1 Å². The maximum atomic E-state index is 12.1. The number of sulfonamides is 1. The molecule has 0 bridgehead atoms. The Morgan fingerprint density at radius 2 is 2.00 bits per heavy atom. The van der Waals surface area contributed by atoms with Crippen LogP contribution < -0.4 is 4.72 Å². The van der Waals surface area contributed by atoms with Crippen LogP contribution in [0.2, 0.25) is 0 Å². The Balaban J connectivity index is 3.05. The van der Waals surface area contributed by atoms with Crippen molar-refractivity contribution in [2.24, 2.45) is 0 Å². The number of aliphatic hydroxyl groups excluding tert-OH is 1. The normalized spacial score (nSPS) is 13.6. The lowest BCUT2D eigenvalue weighted by Crippen LogP contribution is -2.37. The van der Waals surface area contributed by atoms with E-state index in [1.807, 2.05) is 19.9 Å². The van der Waals surface area contributed by atoms with Gasteiger partial charge in [-0.15, -0.1) is 0 Å². The molecule has 0 aliphatic heterocycles. The molecule has 1 aromatic carbocycles. The van der Waals surface area contributed by atoms with E-state index < -0.39 is 16.1 Å². The molecule has 0 aliphatic rings. The molecule has 0 heterocycles. The average molecular weight is 257 g/mol. The Labute approximate surface area is 103 Å². The van der Waals surface area contributed by atoms with Gasteiger partial charge in [0.15, 0.2) is 0 Å². The van der Waals surface area contributed by atoms with Crippen molar-refractivity contribution in [2.75, 3.05) is 6.61 Å². The minimum absolute atomic E-state index is 0.194. The SMILES string of the molecule is CCC(CO)NS(=O)(=O)c1ccc(C)cc1C. The lowest BCUT2D eigenvalue weighted by atomic mass is 10.2. The van der Waals surface area contributed by atoms with Gasteiger partial charge in [0, 0.05) is 6.04 Å². The number of hydrogen-bond acceptors (Lipinski definition) is 3. The second-order valence-corrected chi connectivity index (χ2v) is 5.86. The third kappa shape index (κ3) is 3.52. The number of aliphatic hydroxyl groups is 1. The van der Waals surface area contributed by atoms with Crippen molar-refractivity contribution in [3.8, 4) is 0 Å². The van der Waals surface area contributed by atoms with Crippen molar-refractivity contribution in [3.05, 3.63) is 29.3 Å². The second-order valence-electron chi connectivity index (χ2n) is 4.18. The van der Waals surface area contributed by atoms with E-state index in [9.17, 15) is 8.42 Å². The van der Waals surface area contributed by atoms with Gasteiger partial charge < -0.3 is 5.11 Å². The van der Waals surface area contributed by atoms with Crippen LogP contribution >= 0.6 is 0 Å². The predicted octanol–water partition coefficient (Wildman–Crippen LogP) is 1.35. The molecule has 0 aromatic heterocycles. The van der Waals surface area contributed by atoms with Crippen molar-refractivity contribution < 1.29 is 13.5 Å². The van der Waals surface area contributed by atoms with Gasteiger partial charge in [0.25, 0.3) is 0 Å². The highest BCUT2D eigenvalue weighted by atomic mass is 32.2. The van der Waals surface area contributed by atoms with E-state index in [2.05, 4.69) is 4.72 Å². The fraction of sp³-hybridized carbons (Fsp3) is 0.500. The van der Waals surface area contributed by atoms with Crippen LogP contribution in [0.15, 0.2) is 23.1 Å². The Morgan fingerprint density at radius 3 is 2.47 bits per heavy atom. The Morgan fingerprint density at radius 1 is 1.35 bits per heavy atom. The molecule has 5 heteroatoms. The Hall–Kier alpha value is -0.910. The molecule has 0 fully saturated rings. The summed E-state index contributed by atoms with van der Waals surface area (Å²) in [4.78, 5) is 0.273. The first kappa shape index (κ1) is 14.2. The lowest BCUT2D eigenvalue weighted by molar-refractivity contribution is 0.254. The van der Waals surface area contributed by atoms with Gasteiger partial charge >= 0.3 is 0 Å². The summed E-state index contributed by atoms with van der Waals surface area (Å²) in [5.41, 5.74) is 1.74. The van der Waals surface area contributed by atoms with E-state index in [-0.39, 0.29) is 11.5 Å². The van der Waals surface area contributed by atoms with Crippen LogP contribution in [0, 0.1) is 13.8 Å². The van der Waals surface area contributed by atoms with E-state index in [0.717, 1.165) is 5.56 Å². The van der Waals surface area contributed by atoms with Gasteiger partial charge in [0.2, 0.25) is 10.0 Å². The summed E-state index contributed by atoms with van der Waals surface area (Å²) in [5.74, 6) is 0. The third-order valence-corrected chi connectivity index (χ3v) is 4.34. The average Bonchev–Trinajstić information content (AvgIpc) is 2.25. The molecule has 1 unspecified atom stereocenters. The minimum Gasteiger partial charge on any atom is -0.395 e. The molecule has 1 aromatic rings. The van der Waals surface area contributed by atoms with Crippen molar-refractivity contribution >= 4 is 10.0 Å². The summed E-state index contributed by atoms with van der Waals surface area (Å²) in [6, 6.07) is 4.76. The highest BCUT2D eigenvalue weighted by molar-refractivity contribution is 7.89. The summed E-state index contributed by atoms with van der Waals surface area (Å²) < 4.78 is 26.6. The molecule has 0 saturated carbocycles. The van der Waals surface area contributed by atoms with Gasteiger partial charge in [-0.3, -0.25) is 0 Å². The lowest BCUT2D eigenvalue weighted by Gasteiger charge is -2.15. The first-order valence-electron chi connectivity index (χ1n) is 5.61. The van der Waals surface area contributed by atoms with Crippen molar-refractivity contribution in [1.82, 2.24) is 4.72 Å². The molecule has 4 nitrogen and oxygen atoms in total. The highest BCUT2D eigenvalue weighted by Crippen LogP contribution is 2.16. The summed E-state index contributed by atoms with van der Waals surface area (Å²) in [5, 5.41) is 9.02. The van der Waals surface area contributed by atoms with Crippen LogP contribution in [0.25, 0.3) is 0 Å². The van der Waals surface area contributed by atoms with Gasteiger partial charge in [0.05, 0.1) is 11.5 Å². The van der Waals surface area contributed by atoms with Gasteiger partial charge in [-0.1, -0.05) is 24.6 Å². The van der Waals surface area contributed by atoms with E-state index in [1.54, 1.807) is 19.1 Å². The number of rotatable bonds is 5. The summed E-state index contributed by atoms with van der Waals surface area (Å²) >= 11 is 0. The molecule has 1 atom stereocenters. The zero-order valence-corrected chi connectivity index (χ0v) is 11.2. The standard InChI is InChI=1S/C12H19NO3S/c1-4-11(8-14)13-17(15,16)12-6-5-9(2)7-10(12)3/h5-7,11,13-14H,4,8H2,1-3H3. The largest absolute Gasteiger partial charge is 0.395 e. The van der Waals surface area contributed by atoms with Crippen molar-refractivity contribution in [2.45, 2.75) is 38.1 Å². The van der Waals surface area contributed by atoms with Gasteiger partial charge in [0.1, 0.15) is 0 Å². The fourth-order valence-corrected chi connectivity index (χ4v) is 3.17. The molecule has 2 N–H and O–H groups in total. The molecule has 17 heavy (non-hydrogen) atoms. The topological polar surface area (TPSA) is 66.4 Å². The molecule has 96 valence electrons. The predicted molar refractivity (Wildman–Crippen MR) is 67.4 cm³/mol. The third-order valence-electron chi connectivity index (χ3n) is 2.65. The van der Waals surface area contributed by atoms with Crippen molar-refractivity contribution in [3.63, 3.8) is 0 Å². The van der Waals surface area contributed by atoms with E-state index >= 15 is 0 Å². The minimum atomic E-state index is -3.54. The van der Waals surface area contributed by atoms with Crippen molar-refractivity contribution in [1.29, 1.82) is 0 Å². The monoisotopic (exact) mass is 257 g/mol. The van der Waals surface area contributed by atoms with Crippen LogP contribution in [-0.2, 0) is 10.0 Å². The number of hydrogen-bond donors (Lipinski definition) is 2. The summed E-state index contributed by atoms with van der Waals surface area (Å²) in [6.07, 6.45) is 0.556. The van der Waals surface area contributed by atoms with Crippen LogP contribution in [-0.4, -0.2) is 26.2 Å². The molecular weight excluding hydrogens is 238 g/mol. The second kappa shape index (κ2) is 5.62. The van der Waals surface area contributed by atoms with Gasteiger partial charge in [-0.05, 0) is 31.9 Å². The molecule has 0 spiro atoms. The van der Waals surface area contributed by atoms with E-state index in [1.165, 1.54) is 0 Å².